The lowest BCUT2D eigenvalue weighted by atomic mass is 9.91. The number of alkyl halides is 3. The highest BCUT2D eigenvalue weighted by Crippen LogP contribution is 2.34. The van der Waals surface area contributed by atoms with Gasteiger partial charge in [0, 0.05) is 28.2 Å². The first kappa shape index (κ1) is 31.9. The molecule has 1 aromatic heterocycles. The van der Waals surface area contributed by atoms with Gasteiger partial charge in [0.1, 0.15) is 25.2 Å². The topological polar surface area (TPSA) is 81.9 Å². The van der Waals surface area contributed by atoms with Gasteiger partial charge in [0.05, 0.1) is 17.3 Å². The summed E-state index contributed by atoms with van der Waals surface area (Å²) in [6.07, 6.45) is -3.11. The molecule has 11 heteroatoms. The van der Waals surface area contributed by atoms with Gasteiger partial charge >= 0.3 is 12.3 Å². The quantitative estimate of drug-likeness (QED) is 0.141. The van der Waals surface area contributed by atoms with E-state index in [-0.39, 0.29) is 25.5 Å². The summed E-state index contributed by atoms with van der Waals surface area (Å²) in [5, 5.41) is 4.08. The maximum atomic E-state index is 13.6. The summed E-state index contributed by atoms with van der Waals surface area (Å²) < 4.78 is 55.0. The van der Waals surface area contributed by atoms with E-state index < -0.39 is 29.8 Å². The van der Waals surface area contributed by atoms with Crippen molar-refractivity contribution in [2.24, 2.45) is 0 Å². The molecule has 2 atom stereocenters. The minimum Gasteiger partial charge on any atom is -0.489 e. The van der Waals surface area contributed by atoms with E-state index in [0.29, 0.717) is 22.8 Å². The van der Waals surface area contributed by atoms with Crippen LogP contribution in [-0.2, 0) is 28.7 Å². The normalized spacial score (nSPS) is 15.3. The molecule has 2 heterocycles. The van der Waals surface area contributed by atoms with Crippen LogP contribution in [0, 0.1) is 0 Å². The van der Waals surface area contributed by atoms with E-state index in [1.54, 1.807) is 18.2 Å². The summed E-state index contributed by atoms with van der Waals surface area (Å²) in [6.45, 7) is 0.405. The number of amides is 2. The lowest BCUT2D eigenvalue weighted by Crippen LogP contribution is -2.40. The molecule has 2 amide bonds. The molecular formula is C36H29F3N2O5S. The zero-order chi connectivity index (χ0) is 32.8. The van der Waals surface area contributed by atoms with E-state index in [0.717, 1.165) is 33.7 Å². The van der Waals surface area contributed by atoms with Crippen LogP contribution in [0.3, 0.4) is 0 Å². The van der Waals surface area contributed by atoms with Gasteiger partial charge in [0.15, 0.2) is 0 Å². The Bertz CT molecular complexity index is 1800. The van der Waals surface area contributed by atoms with Crippen molar-refractivity contribution in [1.82, 2.24) is 10.1 Å². The Morgan fingerprint density at radius 2 is 1.66 bits per heavy atom. The number of benzene rings is 4. The monoisotopic (exact) mass is 658 g/mol. The zero-order valence-corrected chi connectivity index (χ0v) is 25.7. The Kier molecular flexibility index (Phi) is 9.63. The Morgan fingerprint density at radius 1 is 0.915 bits per heavy atom. The summed E-state index contributed by atoms with van der Waals surface area (Å²) >= 11 is 1.36. The summed E-state index contributed by atoms with van der Waals surface area (Å²) in [5.41, 5.74) is 2.56. The minimum atomic E-state index is -4.37. The molecule has 1 saturated heterocycles. The molecule has 0 saturated carbocycles. The number of carbonyl (C=O) groups is 2. The van der Waals surface area contributed by atoms with Crippen LogP contribution in [0.1, 0.15) is 40.3 Å². The average Bonchev–Trinajstić information content (AvgIpc) is 3.73. The van der Waals surface area contributed by atoms with Gasteiger partial charge in [-0.3, -0.25) is 4.79 Å². The minimum absolute atomic E-state index is 0.0173. The van der Waals surface area contributed by atoms with Crippen molar-refractivity contribution < 1.29 is 36.8 Å². The van der Waals surface area contributed by atoms with Crippen molar-refractivity contribution in [3.8, 4) is 5.75 Å². The molecule has 0 N–H and O–H groups in total. The predicted octanol–water partition coefficient (Wildman–Crippen LogP) is 8.54. The Morgan fingerprint density at radius 3 is 2.36 bits per heavy atom. The van der Waals surface area contributed by atoms with Crippen molar-refractivity contribution in [2.75, 3.05) is 6.61 Å². The van der Waals surface area contributed by atoms with Crippen molar-refractivity contribution >= 4 is 23.8 Å². The van der Waals surface area contributed by atoms with Crippen LogP contribution in [0.5, 0.6) is 5.75 Å². The molecule has 0 radical (unpaired) electrons. The molecular weight excluding hydrogens is 629 g/mol. The molecule has 0 unspecified atom stereocenters. The smallest absolute Gasteiger partial charge is 0.416 e. The Balaban J connectivity index is 1.10. The summed E-state index contributed by atoms with van der Waals surface area (Å²) in [7, 11) is 0. The van der Waals surface area contributed by atoms with Crippen LogP contribution in [-0.4, -0.2) is 34.7 Å². The van der Waals surface area contributed by atoms with Gasteiger partial charge in [-0.15, -0.1) is 0 Å². The van der Waals surface area contributed by atoms with Crippen molar-refractivity contribution in [2.45, 2.75) is 47.4 Å². The lowest BCUT2D eigenvalue weighted by molar-refractivity contribution is -0.137. The molecule has 5 aromatic rings. The van der Waals surface area contributed by atoms with Gasteiger partial charge in [-0.1, -0.05) is 71.5 Å². The number of hydrogen-bond donors (Lipinski definition) is 0. The summed E-state index contributed by atoms with van der Waals surface area (Å²) in [6, 6.07) is 30.9. The number of cyclic esters (lactones) is 1. The highest BCUT2D eigenvalue weighted by atomic mass is 32.2. The molecule has 0 bridgehead atoms. The molecule has 1 aliphatic rings. The SMILES string of the molecule is O=C(C[C@@H](c1ccc(OCc2cccc(Sc3ccc(C(F)(F)F)cc3)c2)cc1)c1ccon1)N1C(=O)OC[C@@H]1Cc1ccccc1. The van der Waals surface area contributed by atoms with Gasteiger partial charge in [-0.25, -0.2) is 9.69 Å². The number of imide groups is 1. The maximum Gasteiger partial charge on any atom is 0.416 e. The second-order valence-electron chi connectivity index (χ2n) is 11.0. The zero-order valence-electron chi connectivity index (χ0n) is 24.9. The Labute approximate surface area is 273 Å². The van der Waals surface area contributed by atoms with Crippen LogP contribution in [0.2, 0.25) is 0 Å². The molecule has 7 nitrogen and oxygen atoms in total. The third kappa shape index (κ3) is 8.04. The van der Waals surface area contributed by atoms with Gasteiger partial charge in [-0.05, 0) is 71.6 Å². The van der Waals surface area contributed by atoms with Crippen LogP contribution in [0.15, 0.2) is 130 Å². The van der Waals surface area contributed by atoms with E-state index in [4.69, 9.17) is 14.0 Å². The van der Waals surface area contributed by atoms with E-state index in [2.05, 4.69) is 5.16 Å². The van der Waals surface area contributed by atoms with Crippen molar-refractivity contribution in [3.05, 3.63) is 143 Å². The maximum absolute atomic E-state index is 13.6. The number of aromatic nitrogens is 1. The molecule has 47 heavy (non-hydrogen) atoms. The van der Waals surface area contributed by atoms with Crippen molar-refractivity contribution in [1.29, 1.82) is 0 Å². The first-order chi connectivity index (χ1) is 22.7. The highest BCUT2D eigenvalue weighted by Gasteiger charge is 2.39. The number of hydrogen-bond acceptors (Lipinski definition) is 7. The predicted molar refractivity (Wildman–Crippen MR) is 168 cm³/mol. The molecule has 1 aliphatic heterocycles. The van der Waals surface area contributed by atoms with Gasteiger partial charge in [0.25, 0.3) is 0 Å². The molecule has 0 spiro atoms. The van der Waals surface area contributed by atoms with E-state index in [1.807, 2.05) is 66.7 Å². The largest absolute Gasteiger partial charge is 0.489 e. The fourth-order valence-electron chi connectivity index (χ4n) is 5.38. The van der Waals surface area contributed by atoms with Crippen LogP contribution in [0.4, 0.5) is 18.0 Å². The number of ether oxygens (including phenoxy) is 2. The average molecular weight is 659 g/mol. The molecule has 240 valence electrons. The second-order valence-corrected chi connectivity index (χ2v) is 12.1. The first-order valence-electron chi connectivity index (χ1n) is 14.8. The highest BCUT2D eigenvalue weighted by molar-refractivity contribution is 7.99. The number of halogens is 3. The standard InChI is InChI=1S/C36H29F3N2O5S/c37-36(38,39)27-11-15-30(16-12-27)47-31-8-4-7-25(20-31)22-44-29-13-9-26(10-14-29)32(33-17-18-46-40-33)21-34(42)41-28(23-45-35(41)43)19-24-5-2-1-3-6-24/h1-18,20,28,32H,19,21-23H2/t28-,32-/m0/s1. The molecule has 6 rings (SSSR count). The first-order valence-corrected chi connectivity index (χ1v) is 15.6. The van der Waals surface area contributed by atoms with E-state index in [1.165, 1.54) is 35.1 Å². The van der Waals surface area contributed by atoms with Crippen LogP contribution in [0.25, 0.3) is 0 Å². The van der Waals surface area contributed by atoms with Crippen molar-refractivity contribution in [3.63, 3.8) is 0 Å². The Hall–Kier alpha value is -5.03. The third-order valence-corrected chi connectivity index (χ3v) is 8.74. The van der Waals surface area contributed by atoms with Crippen LogP contribution >= 0.6 is 11.8 Å². The molecule has 0 aliphatic carbocycles. The van der Waals surface area contributed by atoms with Gasteiger partial charge < -0.3 is 14.0 Å². The summed E-state index contributed by atoms with van der Waals surface area (Å²) in [5.74, 6) is -0.235. The fraction of sp³-hybridized carbons (Fsp3) is 0.194. The van der Waals surface area contributed by atoms with Gasteiger partial charge in [-0.2, -0.15) is 13.2 Å². The summed E-state index contributed by atoms with van der Waals surface area (Å²) in [4.78, 5) is 28.9. The second kappa shape index (κ2) is 14.2. The fourth-order valence-corrected chi connectivity index (χ4v) is 6.28. The van der Waals surface area contributed by atoms with E-state index >= 15 is 0 Å². The van der Waals surface area contributed by atoms with Gasteiger partial charge in [0.2, 0.25) is 5.91 Å². The number of carbonyl (C=O) groups excluding carboxylic acids is 2. The third-order valence-electron chi connectivity index (χ3n) is 7.74. The molecule has 1 fully saturated rings. The number of nitrogens with zero attached hydrogens (tertiary/aromatic N) is 2. The van der Waals surface area contributed by atoms with Crippen LogP contribution < -0.4 is 4.74 Å². The van der Waals surface area contributed by atoms with E-state index in [9.17, 15) is 22.8 Å². The number of rotatable bonds is 11. The molecule has 4 aromatic carbocycles. The lowest BCUT2D eigenvalue weighted by Gasteiger charge is -2.22.